The summed E-state index contributed by atoms with van der Waals surface area (Å²) in [5.74, 6) is 0.609. The highest BCUT2D eigenvalue weighted by Gasteiger charge is 2.26. The lowest BCUT2D eigenvalue weighted by Crippen LogP contribution is -2.43. The molecule has 1 amide bonds. The van der Waals surface area contributed by atoms with Gasteiger partial charge < -0.3 is 10.2 Å². The Kier molecular flexibility index (Phi) is 5.95. The summed E-state index contributed by atoms with van der Waals surface area (Å²) in [6.45, 7) is 3.95. The number of carbonyl (C=O) groups excluding carboxylic acids is 1. The highest BCUT2D eigenvalue weighted by molar-refractivity contribution is 7.18. The van der Waals surface area contributed by atoms with Crippen LogP contribution in [0.1, 0.15) is 42.3 Å². The number of halogens is 1. The van der Waals surface area contributed by atoms with E-state index in [2.05, 4.69) is 23.5 Å². The van der Waals surface area contributed by atoms with Crippen LogP contribution in [0.15, 0.2) is 48.5 Å². The average Bonchev–Trinajstić information content (AvgIpc) is 3.16. The Hall–Kier alpha value is -1.95. The minimum Gasteiger partial charge on any atom is -0.342 e. The van der Waals surface area contributed by atoms with E-state index in [0.29, 0.717) is 12.5 Å². The summed E-state index contributed by atoms with van der Waals surface area (Å²) in [7, 11) is 0. The van der Waals surface area contributed by atoms with E-state index in [4.69, 9.17) is 16.6 Å². The zero-order chi connectivity index (χ0) is 19.5. The van der Waals surface area contributed by atoms with Crippen molar-refractivity contribution in [1.82, 2.24) is 15.2 Å². The van der Waals surface area contributed by atoms with Crippen LogP contribution >= 0.6 is 22.9 Å². The van der Waals surface area contributed by atoms with Crippen molar-refractivity contribution in [3.05, 3.63) is 64.1 Å². The molecule has 0 bridgehead atoms. The van der Waals surface area contributed by atoms with E-state index in [1.807, 2.05) is 42.2 Å². The molecule has 1 N–H and O–H groups in total. The van der Waals surface area contributed by atoms with Crippen LogP contribution < -0.4 is 5.32 Å². The van der Waals surface area contributed by atoms with Gasteiger partial charge in [0.2, 0.25) is 5.91 Å². The van der Waals surface area contributed by atoms with Crippen molar-refractivity contribution in [1.29, 1.82) is 0 Å². The number of thiazole rings is 1. The van der Waals surface area contributed by atoms with Gasteiger partial charge in [0.05, 0.1) is 21.8 Å². The van der Waals surface area contributed by atoms with Crippen molar-refractivity contribution in [2.45, 2.75) is 31.7 Å². The van der Waals surface area contributed by atoms with Crippen LogP contribution in [0.4, 0.5) is 0 Å². The minimum atomic E-state index is 0.0398. The van der Waals surface area contributed by atoms with Gasteiger partial charge in [-0.3, -0.25) is 4.79 Å². The fourth-order valence-corrected chi connectivity index (χ4v) is 5.16. The van der Waals surface area contributed by atoms with Crippen LogP contribution in [0, 0.1) is 0 Å². The third kappa shape index (κ3) is 4.22. The van der Waals surface area contributed by atoms with Gasteiger partial charge in [0.1, 0.15) is 0 Å². The van der Waals surface area contributed by atoms with Gasteiger partial charge in [-0.1, -0.05) is 41.9 Å². The van der Waals surface area contributed by atoms with Crippen LogP contribution in [0.25, 0.3) is 10.2 Å². The van der Waals surface area contributed by atoms with E-state index in [0.717, 1.165) is 42.0 Å². The molecule has 1 aromatic heterocycles. The lowest BCUT2D eigenvalue weighted by Gasteiger charge is -2.31. The van der Waals surface area contributed by atoms with Gasteiger partial charge in [0.25, 0.3) is 0 Å². The van der Waals surface area contributed by atoms with E-state index in [9.17, 15) is 4.79 Å². The van der Waals surface area contributed by atoms with Crippen LogP contribution in [0.5, 0.6) is 0 Å². The summed E-state index contributed by atoms with van der Waals surface area (Å²) in [4.78, 5) is 19.4. The topological polar surface area (TPSA) is 45.2 Å². The molecule has 1 saturated heterocycles. The first kappa shape index (κ1) is 19.4. The summed E-state index contributed by atoms with van der Waals surface area (Å²) in [6, 6.07) is 16.1. The lowest BCUT2D eigenvalue weighted by molar-refractivity contribution is -0.131. The molecule has 4 rings (SSSR count). The number of nitrogens with zero attached hydrogens (tertiary/aromatic N) is 2. The Bertz CT molecular complexity index is 932. The van der Waals surface area contributed by atoms with E-state index in [1.54, 1.807) is 11.3 Å². The van der Waals surface area contributed by atoms with Gasteiger partial charge in [0.15, 0.2) is 0 Å². The number of benzene rings is 2. The second-order valence-corrected chi connectivity index (χ2v) is 8.77. The molecule has 3 aromatic rings. The number of amides is 1. The predicted molar refractivity (Wildman–Crippen MR) is 116 cm³/mol. The monoisotopic (exact) mass is 413 g/mol. The Labute approximate surface area is 174 Å². The molecule has 28 heavy (non-hydrogen) atoms. The van der Waals surface area contributed by atoms with Gasteiger partial charge in [-0.05, 0) is 43.5 Å². The van der Waals surface area contributed by atoms with Crippen molar-refractivity contribution >= 4 is 39.1 Å². The van der Waals surface area contributed by atoms with Crippen LogP contribution in [-0.2, 0) is 4.79 Å². The molecule has 1 fully saturated rings. The zero-order valence-corrected chi connectivity index (χ0v) is 17.5. The summed E-state index contributed by atoms with van der Waals surface area (Å²) in [5, 5.41) is 5.25. The number of hydrogen-bond acceptors (Lipinski definition) is 4. The predicted octanol–water partition coefficient (Wildman–Crippen LogP) is 5.01. The number of rotatable bonds is 5. The standard InChI is InChI=1S/C22H24ClN3OS/c1-15(17-6-2-3-7-18(17)23)24-14-21(27)26-12-10-16(11-13-26)22-25-19-8-4-5-9-20(19)28-22/h2-9,15-16,24H,10-14H2,1H3/t15-/m0/s1. The summed E-state index contributed by atoms with van der Waals surface area (Å²) < 4.78 is 1.24. The first-order valence-electron chi connectivity index (χ1n) is 9.73. The largest absolute Gasteiger partial charge is 0.342 e. The zero-order valence-electron chi connectivity index (χ0n) is 15.9. The molecule has 2 aromatic carbocycles. The molecule has 1 atom stereocenters. The summed E-state index contributed by atoms with van der Waals surface area (Å²) in [6.07, 6.45) is 1.96. The Morgan fingerprint density at radius 1 is 1.21 bits per heavy atom. The Morgan fingerprint density at radius 2 is 1.93 bits per heavy atom. The average molecular weight is 414 g/mol. The molecule has 0 saturated carbocycles. The number of carbonyl (C=O) groups is 1. The summed E-state index contributed by atoms with van der Waals surface area (Å²) in [5.41, 5.74) is 2.10. The first-order valence-corrected chi connectivity index (χ1v) is 10.9. The molecule has 6 heteroatoms. The fourth-order valence-electron chi connectivity index (χ4n) is 3.73. The molecular weight excluding hydrogens is 390 g/mol. The van der Waals surface area contributed by atoms with E-state index < -0.39 is 0 Å². The van der Waals surface area contributed by atoms with E-state index in [1.165, 1.54) is 9.71 Å². The van der Waals surface area contributed by atoms with Gasteiger partial charge in [-0.25, -0.2) is 4.98 Å². The molecule has 1 aliphatic heterocycles. The minimum absolute atomic E-state index is 0.0398. The molecule has 0 aliphatic carbocycles. The lowest BCUT2D eigenvalue weighted by atomic mass is 9.97. The highest BCUT2D eigenvalue weighted by Crippen LogP contribution is 2.33. The number of para-hydroxylation sites is 1. The van der Waals surface area contributed by atoms with Gasteiger partial charge in [-0.15, -0.1) is 11.3 Å². The maximum Gasteiger partial charge on any atom is 0.236 e. The molecular formula is C22H24ClN3OS. The van der Waals surface area contributed by atoms with Gasteiger partial charge in [0, 0.05) is 30.1 Å². The van der Waals surface area contributed by atoms with Crippen molar-refractivity contribution in [3.63, 3.8) is 0 Å². The normalized spacial score (nSPS) is 16.4. The Balaban J connectivity index is 1.29. The van der Waals surface area contributed by atoms with E-state index >= 15 is 0 Å². The smallest absolute Gasteiger partial charge is 0.236 e. The molecule has 0 spiro atoms. The first-order chi connectivity index (χ1) is 13.6. The van der Waals surface area contributed by atoms with E-state index in [-0.39, 0.29) is 11.9 Å². The SMILES string of the molecule is C[C@H](NCC(=O)N1CCC(c2nc3ccccc3s2)CC1)c1ccccc1Cl. The Morgan fingerprint density at radius 3 is 2.68 bits per heavy atom. The van der Waals surface area contributed by atoms with Gasteiger partial charge in [-0.2, -0.15) is 0 Å². The van der Waals surface area contributed by atoms with Crippen molar-refractivity contribution < 1.29 is 4.79 Å². The van der Waals surface area contributed by atoms with Crippen molar-refractivity contribution in [2.24, 2.45) is 0 Å². The number of nitrogens with one attached hydrogen (secondary N) is 1. The quantitative estimate of drug-likeness (QED) is 0.639. The highest BCUT2D eigenvalue weighted by atomic mass is 35.5. The number of fused-ring (bicyclic) bond motifs is 1. The summed E-state index contributed by atoms with van der Waals surface area (Å²) >= 11 is 8.03. The fraction of sp³-hybridized carbons (Fsp3) is 0.364. The maximum absolute atomic E-state index is 12.6. The van der Waals surface area contributed by atoms with Crippen LogP contribution in [0.2, 0.25) is 5.02 Å². The van der Waals surface area contributed by atoms with Crippen molar-refractivity contribution in [3.8, 4) is 0 Å². The number of likely N-dealkylation sites (tertiary alicyclic amines) is 1. The molecule has 0 unspecified atom stereocenters. The number of piperidine rings is 1. The third-order valence-electron chi connectivity index (χ3n) is 5.44. The molecule has 2 heterocycles. The molecule has 4 nitrogen and oxygen atoms in total. The maximum atomic E-state index is 12.6. The number of hydrogen-bond donors (Lipinski definition) is 1. The molecule has 0 radical (unpaired) electrons. The second kappa shape index (κ2) is 8.60. The van der Waals surface area contributed by atoms with Crippen molar-refractivity contribution in [2.75, 3.05) is 19.6 Å². The van der Waals surface area contributed by atoms with Crippen LogP contribution in [-0.4, -0.2) is 35.4 Å². The third-order valence-corrected chi connectivity index (χ3v) is 6.98. The second-order valence-electron chi connectivity index (χ2n) is 7.30. The van der Waals surface area contributed by atoms with Gasteiger partial charge >= 0.3 is 0 Å². The van der Waals surface area contributed by atoms with Crippen LogP contribution in [0.3, 0.4) is 0 Å². The number of aromatic nitrogens is 1. The molecule has 1 aliphatic rings. The molecule has 146 valence electrons.